The first-order valence-electron chi connectivity index (χ1n) is 4.70. The first-order chi connectivity index (χ1) is 7.13. The molecule has 0 saturated heterocycles. The zero-order valence-corrected chi connectivity index (χ0v) is 9.23. The molecule has 0 aromatic heterocycles. The maximum absolute atomic E-state index is 10.7. The quantitative estimate of drug-likeness (QED) is 0.427. The van der Waals surface area contributed by atoms with E-state index < -0.39 is 0 Å². The van der Waals surface area contributed by atoms with E-state index in [1.165, 1.54) is 0 Å². The van der Waals surface area contributed by atoms with Gasteiger partial charge in [-0.15, -0.1) is 0 Å². The summed E-state index contributed by atoms with van der Waals surface area (Å²) in [4.78, 5) is 12.5. The van der Waals surface area contributed by atoms with Crippen LogP contribution in [0.3, 0.4) is 0 Å². The minimum absolute atomic E-state index is 0.300. The number of allylic oxidation sites excluding steroid dienone is 1. The molecule has 0 aliphatic rings. The van der Waals surface area contributed by atoms with Gasteiger partial charge in [0.25, 0.3) is 0 Å². The second-order valence-electron chi connectivity index (χ2n) is 3.48. The van der Waals surface area contributed by atoms with Gasteiger partial charge in [-0.05, 0) is 18.6 Å². The van der Waals surface area contributed by atoms with Crippen molar-refractivity contribution in [2.75, 3.05) is 14.1 Å². The summed E-state index contributed by atoms with van der Waals surface area (Å²) < 4.78 is 5.46. The number of para-hydroxylation sites is 1. The van der Waals surface area contributed by atoms with Crippen molar-refractivity contribution in [2.45, 2.75) is 6.92 Å². The maximum atomic E-state index is 10.7. The summed E-state index contributed by atoms with van der Waals surface area (Å²) in [6, 6.07) is 7.58. The van der Waals surface area contributed by atoms with Gasteiger partial charge in [-0.1, -0.05) is 18.2 Å². The molecule has 0 bridgehead atoms. The molecule has 15 heavy (non-hydrogen) atoms. The highest BCUT2D eigenvalue weighted by Crippen LogP contribution is 2.18. The van der Waals surface area contributed by atoms with Crippen LogP contribution in [0, 0.1) is 6.92 Å². The Morgan fingerprint density at radius 1 is 1.33 bits per heavy atom. The van der Waals surface area contributed by atoms with E-state index in [9.17, 15) is 4.79 Å². The fourth-order valence-electron chi connectivity index (χ4n) is 1.13. The fourth-order valence-corrected chi connectivity index (χ4v) is 1.13. The molecule has 1 aromatic rings. The van der Waals surface area contributed by atoms with Crippen LogP contribution in [0.1, 0.15) is 5.56 Å². The smallest absolute Gasteiger partial charge is 0.186 e. The lowest BCUT2D eigenvalue weighted by Gasteiger charge is -2.10. The highest BCUT2D eigenvalue weighted by Gasteiger charge is 2.02. The minimum Gasteiger partial charge on any atom is -0.452 e. The van der Waals surface area contributed by atoms with Gasteiger partial charge in [0, 0.05) is 20.3 Å². The molecule has 0 saturated carbocycles. The number of benzene rings is 1. The standard InChI is InChI=1S/C12H15NO2/c1-10-6-4-5-7-12(10)15-11(9-14)8-13(2)3/h4-9H,1-3H3/b11-8-. The molecule has 80 valence electrons. The lowest BCUT2D eigenvalue weighted by Crippen LogP contribution is -2.07. The molecule has 0 fully saturated rings. The van der Waals surface area contributed by atoms with Gasteiger partial charge in [0.15, 0.2) is 12.0 Å². The topological polar surface area (TPSA) is 29.5 Å². The molecule has 3 nitrogen and oxygen atoms in total. The van der Waals surface area contributed by atoms with E-state index in [-0.39, 0.29) is 0 Å². The van der Waals surface area contributed by atoms with Gasteiger partial charge < -0.3 is 9.64 Å². The molecule has 0 atom stereocenters. The first kappa shape index (κ1) is 11.3. The van der Waals surface area contributed by atoms with Crippen LogP contribution in [-0.4, -0.2) is 25.3 Å². The van der Waals surface area contributed by atoms with Gasteiger partial charge >= 0.3 is 0 Å². The lowest BCUT2D eigenvalue weighted by molar-refractivity contribution is -0.106. The van der Waals surface area contributed by atoms with Crippen molar-refractivity contribution < 1.29 is 9.53 Å². The SMILES string of the molecule is Cc1ccccc1O/C(C=O)=C\N(C)C. The third-order valence-corrected chi connectivity index (χ3v) is 1.82. The molecule has 0 heterocycles. The third kappa shape index (κ3) is 3.46. The second kappa shape index (κ2) is 5.20. The number of aryl methyl sites for hydroxylation is 1. The Kier molecular flexibility index (Phi) is 3.92. The Hall–Kier alpha value is -1.77. The van der Waals surface area contributed by atoms with Crippen molar-refractivity contribution in [2.24, 2.45) is 0 Å². The Bertz CT molecular complexity index is 370. The molecule has 0 spiro atoms. The molecular weight excluding hydrogens is 190 g/mol. The first-order valence-corrected chi connectivity index (χ1v) is 4.70. The third-order valence-electron chi connectivity index (χ3n) is 1.82. The minimum atomic E-state index is 0.300. The van der Waals surface area contributed by atoms with Crippen LogP contribution < -0.4 is 4.74 Å². The summed E-state index contributed by atoms with van der Waals surface area (Å²) in [5, 5.41) is 0. The summed E-state index contributed by atoms with van der Waals surface area (Å²) in [6.07, 6.45) is 2.34. The Morgan fingerprint density at radius 2 is 2.00 bits per heavy atom. The van der Waals surface area contributed by atoms with E-state index in [2.05, 4.69) is 0 Å². The Labute approximate surface area is 90.0 Å². The number of carbonyl (C=O) groups is 1. The summed E-state index contributed by atoms with van der Waals surface area (Å²) >= 11 is 0. The van der Waals surface area contributed by atoms with Crippen molar-refractivity contribution in [1.29, 1.82) is 0 Å². The molecule has 0 radical (unpaired) electrons. The van der Waals surface area contributed by atoms with Crippen LogP contribution in [0.4, 0.5) is 0 Å². The number of ether oxygens (including phenoxy) is 1. The highest BCUT2D eigenvalue weighted by molar-refractivity contribution is 5.71. The average Bonchev–Trinajstić information content (AvgIpc) is 2.19. The van der Waals surface area contributed by atoms with E-state index in [4.69, 9.17) is 4.74 Å². The van der Waals surface area contributed by atoms with E-state index in [1.807, 2.05) is 45.3 Å². The van der Waals surface area contributed by atoms with Gasteiger partial charge in [0.2, 0.25) is 0 Å². The van der Waals surface area contributed by atoms with E-state index in [1.54, 1.807) is 11.1 Å². The Morgan fingerprint density at radius 3 is 2.53 bits per heavy atom. The van der Waals surface area contributed by atoms with Crippen molar-refractivity contribution in [3.8, 4) is 5.75 Å². The van der Waals surface area contributed by atoms with E-state index >= 15 is 0 Å². The molecule has 1 rings (SSSR count). The summed E-state index contributed by atoms with van der Waals surface area (Å²) in [7, 11) is 3.68. The van der Waals surface area contributed by atoms with Gasteiger partial charge in [-0.25, -0.2) is 0 Å². The van der Waals surface area contributed by atoms with E-state index in [0.717, 1.165) is 5.56 Å². The van der Waals surface area contributed by atoms with Gasteiger partial charge in [0.1, 0.15) is 5.75 Å². The van der Waals surface area contributed by atoms with Gasteiger partial charge in [-0.2, -0.15) is 0 Å². The van der Waals surface area contributed by atoms with Crippen molar-refractivity contribution in [3.05, 3.63) is 41.8 Å². The summed E-state index contributed by atoms with van der Waals surface area (Å²) in [5.74, 6) is 1.01. The maximum Gasteiger partial charge on any atom is 0.186 e. The van der Waals surface area contributed by atoms with Crippen LogP contribution in [-0.2, 0) is 4.79 Å². The molecule has 1 aromatic carbocycles. The van der Waals surface area contributed by atoms with Crippen molar-refractivity contribution in [3.63, 3.8) is 0 Å². The van der Waals surface area contributed by atoms with Crippen LogP contribution in [0.25, 0.3) is 0 Å². The fraction of sp³-hybridized carbons (Fsp3) is 0.250. The predicted octanol–water partition coefficient (Wildman–Crippen LogP) is 1.98. The molecule has 0 amide bonds. The molecule has 0 aliphatic heterocycles. The molecule has 0 N–H and O–H groups in total. The number of nitrogens with zero attached hydrogens (tertiary/aromatic N) is 1. The summed E-state index contributed by atoms with van der Waals surface area (Å²) in [5.41, 5.74) is 1.00. The normalized spacial score (nSPS) is 11.0. The number of hydrogen-bond acceptors (Lipinski definition) is 3. The zero-order chi connectivity index (χ0) is 11.3. The Balaban J connectivity index is 2.85. The molecule has 3 heteroatoms. The molecular formula is C12H15NO2. The zero-order valence-electron chi connectivity index (χ0n) is 9.23. The lowest BCUT2D eigenvalue weighted by atomic mass is 10.2. The molecule has 0 unspecified atom stereocenters. The van der Waals surface area contributed by atoms with Gasteiger partial charge in [-0.3, -0.25) is 4.79 Å². The molecule has 0 aliphatic carbocycles. The predicted molar refractivity (Wildman–Crippen MR) is 59.6 cm³/mol. The van der Waals surface area contributed by atoms with Crippen molar-refractivity contribution in [1.82, 2.24) is 4.90 Å². The number of hydrogen-bond donors (Lipinski definition) is 0. The monoisotopic (exact) mass is 205 g/mol. The van der Waals surface area contributed by atoms with Crippen LogP contribution >= 0.6 is 0 Å². The van der Waals surface area contributed by atoms with Crippen molar-refractivity contribution >= 4 is 6.29 Å². The largest absolute Gasteiger partial charge is 0.452 e. The number of rotatable bonds is 4. The highest BCUT2D eigenvalue weighted by atomic mass is 16.5. The van der Waals surface area contributed by atoms with Crippen LogP contribution in [0.5, 0.6) is 5.75 Å². The van der Waals surface area contributed by atoms with E-state index in [0.29, 0.717) is 17.8 Å². The summed E-state index contributed by atoms with van der Waals surface area (Å²) in [6.45, 7) is 1.94. The number of carbonyl (C=O) groups excluding carboxylic acids is 1. The van der Waals surface area contributed by atoms with Crippen LogP contribution in [0.15, 0.2) is 36.2 Å². The second-order valence-corrected chi connectivity index (χ2v) is 3.48. The number of aldehydes is 1. The average molecular weight is 205 g/mol. The van der Waals surface area contributed by atoms with Gasteiger partial charge in [0.05, 0.1) is 0 Å². The van der Waals surface area contributed by atoms with Crippen LogP contribution in [0.2, 0.25) is 0 Å².